The van der Waals surface area contributed by atoms with Crippen LogP contribution in [0.25, 0.3) is 0 Å². The van der Waals surface area contributed by atoms with E-state index in [9.17, 15) is 0 Å². The van der Waals surface area contributed by atoms with E-state index in [1.165, 1.54) is 5.19 Å². The lowest BCUT2D eigenvalue weighted by Crippen LogP contribution is -2.22. The van der Waals surface area contributed by atoms with Gasteiger partial charge in [-0.05, 0) is 0 Å². The van der Waals surface area contributed by atoms with Crippen molar-refractivity contribution in [3.05, 3.63) is 30.3 Å². The predicted molar refractivity (Wildman–Crippen MR) is 40.9 cm³/mol. The zero-order valence-corrected chi connectivity index (χ0v) is 6.17. The van der Waals surface area contributed by atoms with Gasteiger partial charge in [-0.25, -0.2) is 0 Å². The van der Waals surface area contributed by atoms with Gasteiger partial charge in [0.1, 0.15) is 0 Å². The smallest absolute Gasteiger partial charge is 0.271 e. The molecule has 0 heterocycles. The Morgan fingerprint density at radius 2 is 1.89 bits per heavy atom. The summed E-state index contributed by atoms with van der Waals surface area (Å²) in [6.07, 6.45) is 0.768. The van der Waals surface area contributed by atoms with E-state index in [4.69, 9.17) is 5.73 Å². The molecule has 0 unspecified atom stereocenters. The van der Waals surface area contributed by atoms with Crippen molar-refractivity contribution in [1.29, 1.82) is 0 Å². The molecule has 1 aromatic carbocycles. The van der Waals surface area contributed by atoms with Crippen LogP contribution < -0.4 is 10.9 Å². The van der Waals surface area contributed by atoms with Gasteiger partial charge in [0, 0.05) is 12.1 Å². The Bertz CT molecular complexity index is 162. The van der Waals surface area contributed by atoms with Crippen LogP contribution in [0.5, 0.6) is 0 Å². The molecule has 2 heteroatoms. The topological polar surface area (TPSA) is 26.0 Å². The summed E-state index contributed by atoms with van der Waals surface area (Å²) in [4.78, 5) is 0. The Morgan fingerprint density at radius 1 is 1.22 bits per heavy atom. The normalized spacial score (nSPS) is 8.56. The molecule has 0 atom stereocenters. The molecule has 0 aliphatic rings. The monoisotopic (exact) mass is 135 g/mol. The Morgan fingerprint density at radius 3 is 2.44 bits per heavy atom. The van der Waals surface area contributed by atoms with Gasteiger partial charge in [-0.1, -0.05) is 18.2 Å². The first-order valence-electron chi connectivity index (χ1n) is 2.92. The minimum absolute atomic E-state index is 0.765. The van der Waals surface area contributed by atoms with Crippen LogP contribution in [0.15, 0.2) is 30.3 Å². The van der Waals surface area contributed by atoms with Crippen LogP contribution >= 0.6 is 0 Å². The first-order chi connectivity index (χ1) is 4.43. The molecule has 9 heavy (non-hydrogen) atoms. The summed E-state index contributed by atoms with van der Waals surface area (Å²) in [5, 5.41) is 1.35. The highest BCUT2D eigenvalue weighted by Crippen LogP contribution is 1.79. The molecule has 0 aliphatic carbocycles. The highest BCUT2D eigenvalue weighted by Gasteiger charge is 2.33. The quantitative estimate of drug-likeness (QED) is 0.565. The molecule has 0 amide bonds. The minimum Gasteiger partial charge on any atom is -0.271 e. The Kier molecular flexibility index (Phi) is 2.48. The molecule has 0 bridgehead atoms. The van der Waals surface area contributed by atoms with E-state index < -0.39 is 0 Å². The van der Waals surface area contributed by atoms with Crippen LogP contribution in [0.3, 0.4) is 0 Å². The Labute approximate surface area is 57.7 Å². The van der Waals surface area contributed by atoms with Gasteiger partial charge in [-0.2, -0.15) is 0 Å². The maximum absolute atomic E-state index is 5.37. The third-order valence-corrected chi connectivity index (χ3v) is 2.03. The highest BCUT2D eigenvalue weighted by molar-refractivity contribution is 6.53. The van der Waals surface area contributed by atoms with Gasteiger partial charge in [0.25, 0.3) is 0 Å². The molecule has 0 aromatic heterocycles. The lowest BCUT2D eigenvalue weighted by molar-refractivity contribution is 1.37. The van der Waals surface area contributed by atoms with Crippen molar-refractivity contribution in [2.45, 2.75) is 0 Å². The molecule has 0 saturated carbocycles. The first kappa shape index (κ1) is 6.52. The molecular weight excluding hydrogens is 126 g/mol. The number of hydrogen-bond acceptors (Lipinski definition) is 1. The highest BCUT2D eigenvalue weighted by atomic mass is 28.2. The number of rotatable bonds is 2. The summed E-state index contributed by atoms with van der Waals surface area (Å²) < 4.78 is 0. The van der Waals surface area contributed by atoms with Crippen molar-refractivity contribution in [2.75, 3.05) is 6.17 Å². The van der Waals surface area contributed by atoms with Crippen LogP contribution in [0.2, 0.25) is 0 Å². The summed E-state index contributed by atoms with van der Waals surface area (Å²) in [6, 6.07) is 10.3. The van der Waals surface area contributed by atoms with Crippen LogP contribution in [0, 0.1) is 0 Å². The van der Waals surface area contributed by atoms with E-state index in [-0.39, 0.29) is 0 Å². The van der Waals surface area contributed by atoms with Gasteiger partial charge < -0.3 is 0 Å². The number of hydrogen-bond donors (Lipinski definition) is 1. The molecular formula is C7H9NSi+2. The van der Waals surface area contributed by atoms with E-state index in [0.29, 0.717) is 0 Å². The fourth-order valence-electron chi connectivity index (χ4n) is 0.674. The molecule has 1 aromatic rings. The largest absolute Gasteiger partial charge is 0.973 e. The molecule has 44 valence electrons. The molecule has 0 aliphatic heterocycles. The second-order valence-electron chi connectivity index (χ2n) is 1.75. The summed E-state index contributed by atoms with van der Waals surface area (Å²) in [7, 11) is 0.765. The van der Waals surface area contributed by atoms with Crippen LogP contribution in [0.4, 0.5) is 0 Å². The molecule has 0 saturated heterocycles. The summed E-state index contributed by atoms with van der Waals surface area (Å²) in [5.41, 5.74) is 5.37. The number of benzene rings is 1. The lowest BCUT2D eigenvalue weighted by Gasteiger charge is -1.69. The van der Waals surface area contributed by atoms with Crippen molar-refractivity contribution in [3.63, 3.8) is 0 Å². The van der Waals surface area contributed by atoms with Gasteiger partial charge in [-0.3, -0.25) is 5.73 Å². The van der Waals surface area contributed by atoms with Crippen molar-refractivity contribution in [1.82, 2.24) is 0 Å². The van der Waals surface area contributed by atoms with E-state index in [2.05, 4.69) is 12.1 Å². The average Bonchev–Trinajstić information content (AvgIpc) is 1.91. The van der Waals surface area contributed by atoms with Crippen molar-refractivity contribution in [2.24, 2.45) is 5.73 Å². The Balaban J connectivity index is 2.61. The predicted octanol–water partition coefficient (Wildman–Crippen LogP) is -0.0677. The SMILES string of the molecule is NC[Si+2]c1ccccc1. The van der Waals surface area contributed by atoms with Crippen LogP contribution in [-0.2, 0) is 0 Å². The van der Waals surface area contributed by atoms with Gasteiger partial charge in [-0.15, -0.1) is 0 Å². The first-order valence-corrected chi connectivity index (χ1v) is 4.13. The fraction of sp³-hybridized carbons (Fsp3) is 0.143. The van der Waals surface area contributed by atoms with Crippen LogP contribution in [0.1, 0.15) is 0 Å². The minimum atomic E-state index is 0.765. The Hall–Kier alpha value is -0.603. The second-order valence-corrected chi connectivity index (χ2v) is 3.09. The molecule has 1 nitrogen and oxygen atoms in total. The van der Waals surface area contributed by atoms with Crippen molar-refractivity contribution >= 4 is 14.7 Å². The molecule has 2 N–H and O–H groups in total. The summed E-state index contributed by atoms with van der Waals surface area (Å²) in [5.74, 6) is 0. The van der Waals surface area contributed by atoms with E-state index in [0.717, 1.165) is 15.7 Å². The second kappa shape index (κ2) is 3.43. The van der Waals surface area contributed by atoms with Crippen LogP contribution in [-0.4, -0.2) is 15.7 Å². The maximum Gasteiger partial charge on any atom is 0.973 e. The van der Waals surface area contributed by atoms with Gasteiger partial charge >= 0.3 is 20.9 Å². The maximum atomic E-state index is 5.37. The van der Waals surface area contributed by atoms with Crippen molar-refractivity contribution in [3.8, 4) is 0 Å². The standard InChI is InChI=1S/C7H9NSi/c8-6-9-7-4-2-1-3-5-7/h1-5H,6,8H2/q+2. The van der Waals surface area contributed by atoms with Crippen molar-refractivity contribution < 1.29 is 0 Å². The zero-order chi connectivity index (χ0) is 6.53. The van der Waals surface area contributed by atoms with Gasteiger partial charge in [0.15, 0.2) is 0 Å². The van der Waals surface area contributed by atoms with E-state index in [1.54, 1.807) is 0 Å². The molecule has 0 fully saturated rings. The zero-order valence-electron chi connectivity index (χ0n) is 5.17. The average molecular weight is 135 g/mol. The third kappa shape index (κ3) is 1.99. The molecule has 0 radical (unpaired) electrons. The molecule has 1 rings (SSSR count). The summed E-state index contributed by atoms with van der Waals surface area (Å²) in [6.45, 7) is 0. The summed E-state index contributed by atoms with van der Waals surface area (Å²) >= 11 is 0. The molecule has 0 spiro atoms. The van der Waals surface area contributed by atoms with E-state index >= 15 is 0 Å². The number of nitrogens with two attached hydrogens (primary N) is 1. The van der Waals surface area contributed by atoms with E-state index in [1.807, 2.05) is 18.2 Å². The third-order valence-electron chi connectivity index (χ3n) is 1.08. The van der Waals surface area contributed by atoms with Gasteiger partial charge in [0.05, 0.1) is 0 Å². The van der Waals surface area contributed by atoms with Gasteiger partial charge in [0.2, 0.25) is 0 Å². The fourth-order valence-corrected chi connectivity index (χ4v) is 1.34. The lowest BCUT2D eigenvalue weighted by atomic mass is 10.4.